The van der Waals surface area contributed by atoms with Crippen LogP contribution in [0, 0.1) is 0 Å². The predicted octanol–water partition coefficient (Wildman–Crippen LogP) is -0.233. The van der Waals surface area contributed by atoms with Crippen molar-refractivity contribution in [2.45, 2.75) is 0 Å². The summed E-state index contributed by atoms with van der Waals surface area (Å²) in [7, 11) is -4.67. The van der Waals surface area contributed by atoms with Gasteiger partial charge in [0.1, 0.15) is 0 Å². The molecule has 0 aliphatic carbocycles. The summed E-state index contributed by atoms with van der Waals surface area (Å²) >= 11 is 0. The van der Waals surface area contributed by atoms with Crippen LogP contribution in [0.25, 0.3) is 0 Å². The maximum Gasteiger partial charge on any atom is 0.394 e. The Labute approximate surface area is 60.0 Å². The average Bonchev–Trinajstić information content (AvgIpc) is 0.722. The van der Waals surface area contributed by atoms with Crippen molar-refractivity contribution >= 4 is 22.8 Å². The number of hydrogen-bond acceptors (Lipinski definition) is 2. The fourth-order valence-corrected chi connectivity index (χ4v) is 0. The van der Waals surface area contributed by atoms with Gasteiger partial charge < -0.3 is 0 Å². The van der Waals surface area contributed by atoms with E-state index < -0.39 is 10.4 Å². The van der Waals surface area contributed by atoms with Gasteiger partial charge in [0.2, 0.25) is 0 Å². The Bertz CT molecular complexity index is 94.9. The molecule has 0 saturated carbocycles. The third-order valence-corrected chi connectivity index (χ3v) is 0. The first-order chi connectivity index (χ1) is 2.00. The first-order valence-electron chi connectivity index (χ1n) is 0.698. The second kappa shape index (κ2) is 4.93. The van der Waals surface area contributed by atoms with Crippen molar-refractivity contribution < 1.29 is 37.0 Å². The largest absolute Gasteiger partial charge is 0.394 e. The zero-order valence-electron chi connectivity index (χ0n) is 2.88. The molecule has 0 aromatic rings. The Kier molecular flexibility index (Phi) is 11.0. The normalized spacial score (nSPS) is 8.29. The van der Waals surface area contributed by atoms with E-state index in [1.54, 1.807) is 0 Å². The van der Waals surface area contributed by atoms with Crippen molar-refractivity contribution in [3.63, 3.8) is 0 Å². The van der Waals surface area contributed by atoms with Crippen molar-refractivity contribution in [3.8, 4) is 0 Å². The molecular weight excluding hydrogens is 233 g/mol. The van der Waals surface area contributed by atoms with Crippen LogP contribution in [0.15, 0.2) is 0 Å². The predicted molar refractivity (Wildman–Crippen MR) is 21.4 cm³/mol. The van der Waals surface area contributed by atoms with E-state index in [1.165, 1.54) is 0 Å². The molecule has 0 aliphatic rings. The molecule has 2 N–H and O–H groups in total. The fraction of sp³-hybridized carbons (Fsp3) is 0. The van der Waals surface area contributed by atoms with Crippen molar-refractivity contribution in [1.82, 2.24) is 0 Å². The Hall–Kier alpha value is 0.783. The molecule has 0 aromatic carbocycles. The summed E-state index contributed by atoms with van der Waals surface area (Å²) in [6, 6.07) is 0. The molecule has 0 radical (unpaired) electrons. The average molecular weight is 236 g/mol. The van der Waals surface area contributed by atoms with Gasteiger partial charge in [0, 0.05) is 19.5 Å². The van der Waals surface area contributed by atoms with Gasteiger partial charge in [0.15, 0.2) is 0 Å². The van der Waals surface area contributed by atoms with Gasteiger partial charge in [-0.1, -0.05) is 0 Å². The molecular formula is H3ClO4RuS. The first-order valence-corrected chi connectivity index (χ1v) is 2.10. The zero-order chi connectivity index (χ0) is 4.50. The Morgan fingerprint density at radius 3 is 1.14 bits per heavy atom. The van der Waals surface area contributed by atoms with Crippen LogP contribution in [0.4, 0.5) is 0 Å². The van der Waals surface area contributed by atoms with E-state index in [1.807, 2.05) is 0 Å². The van der Waals surface area contributed by atoms with Gasteiger partial charge in [-0.05, 0) is 0 Å². The van der Waals surface area contributed by atoms with Gasteiger partial charge in [-0.3, -0.25) is 9.11 Å². The zero-order valence-corrected chi connectivity index (χ0v) is 6.25. The van der Waals surface area contributed by atoms with Crippen LogP contribution in [0.1, 0.15) is 0 Å². The molecule has 0 unspecified atom stereocenters. The smallest absolute Gasteiger partial charge is 0.264 e. The molecule has 0 bridgehead atoms. The second-order valence-electron chi connectivity index (χ2n) is 0.448. The van der Waals surface area contributed by atoms with E-state index >= 15 is 0 Å². The van der Waals surface area contributed by atoms with Crippen LogP contribution in [-0.4, -0.2) is 17.5 Å². The topological polar surface area (TPSA) is 74.6 Å². The van der Waals surface area contributed by atoms with Crippen molar-refractivity contribution in [1.29, 1.82) is 0 Å². The molecule has 0 spiro atoms. The molecule has 4 nitrogen and oxygen atoms in total. The SMILES string of the molecule is Cl.O=S(=O)(O)O.[Ru]. The molecule has 48 valence electrons. The molecule has 0 saturated heterocycles. The summed E-state index contributed by atoms with van der Waals surface area (Å²) in [4.78, 5) is 0. The number of halogens is 1. The van der Waals surface area contributed by atoms with E-state index in [0.29, 0.717) is 0 Å². The van der Waals surface area contributed by atoms with Gasteiger partial charge in [-0.2, -0.15) is 8.42 Å². The third-order valence-electron chi connectivity index (χ3n) is 0. The van der Waals surface area contributed by atoms with E-state index in [2.05, 4.69) is 0 Å². The van der Waals surface area contributed by atoms with Crippen LogP contribution in [0.2, 0.25) is 0 Å². The van der Waals surface area contributed by atoms with Crippen molar-refractivity contribution in [2.24, 2.45) is 0 Å². The Morgan fingerprint density at radius 2 is 1.14 bits per heavy atom. The molecule has 0 atom stereocenters. The summed E-state index contributed by atoms with van der Waals surface area (Å²) in [5.74, 6) is 0. The first kappa shape index (κ1) is 15.7. The third kappa shape index (κ3) is 253. The van der Waals surface area contributed by atoms with Gasteiger partial charge in [0.05, 0.1) is 0 Å². The van der Waals surface area contributed by atoms with E-state index in [0.717, 1.165) is 0 Å². The minimum Gasteiger partial charge on any atom is -0.264 e. The van der Waals surface area contributed by atoms with Crippen LogP contribution in [0.5, 0.6) is 0 Å². The van der Waals surface area contributed by atoms with Gasteiger partial charge in [-0.15, -0.1) is 12.4 Å². The maximum atomic E-state index is 8.74. The van der Waals surface area contributed by atoms with Crippen molar-refractivity contribution in [2.75, 3.05) is 0 Å². The van der Waals surface area contributed by atoms with Crippen LogP contribution in [0.3, 0.4) is 0 Å². The quantitative estimate of drug-likeness (QED) is 0.449. The minimum atomic E-state index is -4.67. The van der Waals surface area contributed by atoms with Crippen LogP contribution < -0.4 is 0 Å². The summed E-state index contributed by atoms with van der Waals surface area (Å²) in [5, 5.41) is 0. The summed E-state index contributed by atoms with van der Waals surface area (Å²) in [5.41, 5.74) is 0. The second-order valence-corrected chi connectivity index (χ2v) is 1.34. The number of hydrogen-bond donors (Lipinski definition) is 2. The Balaban J connectivity index is -0.0000000800. The molecule has 7 heavy (non-hydrogen) atoms. The van der Waals surface area contributed by atoms with E-state index in [-0.39, 0.29) is 31.9 Å². The molecule has 0 aromatic heterocycles. The van der Waals surface area contributed by atoms with Gasteiger partial charge in [0.25, 0.3) is 0 Å². The maximum absolute atomic E-state index is 8.74. The molecule has 0 rings (SSSR count). The summed E-state index contributed by atoms with van der Waals surface area (Å²) in [6.07, 6.45) is 0. The van der Waals surface area contributed by atoms with Crippen LogP contribution >= 0.6 is 12.4 Å². The standard InChI is InChI=1S/ClH.H2O4S.Ru/c;1-5(2,3)4;/h1H;(H2,1,2,3,4);. The van der Waals surface area contributed by atoms with Gasteiger partial charge in [-0.25, -0.2) is 0 Å². The molecule has 0 fully saturated rings. The van der Waals surface area contributed by atoms with Crippen LogP contribution in [-0.2, 0) is 29.9 Å². The molecule has 7 heteroatoms. The summed E-state index contributed by atoms with van der Waals surface area (Å²) < 4.78 is 31.6. The number of rotatable bonds is 0. The summed E-state index contributed by atoms with van der Waals surface area (Å²) in [6.45, 7) is 0. The molecule has 0 heterocycles. The fourth-order valence-electron chi connectivity index (χ4n) is 0. The van der Waals surface area contributed by atoms with E-state index in [9.17, 15) is 0 Å². The van der Waals surface area contributed by atoms with Gasteiger partial charge >= 0.3 is 10.4 Å². The van der Waals surface area contributed by atoms with E-state index in [4.69, 9.17) is 17.5 Å². The van der Waals surface area contributed by atoms with Crippen molar-refractivity contribution in [3.05, 3.63) is 0 Å². The molecule has 0 aliphatic heterocycles. The minimum absolute atomic E-state index is 0. The molecule has 0 amide bonds. The monoisotopic (exact) mass is 236 g/mol. The Morgan fingerprint density at radius 1 is 1.14 bits per heavy atom.